The number of anilines is 1. The summed E-state index contributed by atoms with van der Waals surface area (Å²) in [6, 6.07) is 11.2. The third-order valence-electron chi connectivity index (χ3n) is 5.50. The van der Waals surface area contributed by atoms with Gasteiger partial charge in [0.2, 0.25) is 5.91 Å². The highest BCUT2D eigenvalue weighted by Gasteiger charge is 2.47. The number of carbonyl (C=O) groups is 1. The molecule has 1 N–H and O–H groups in total. The molecule has 0 aromatic heterocycles. The van der Waals surface area contributed by atoms with Gasteiger partial charge in [0.15, 0.2) is 0 Å². The van der Waals surface area contributed by atoms with E-state index in [1.165, 1.54) is 12.5 Å². The summed E-state index contributed by atoms with van der Waals surface area (Å²) in [6.45, 7) is 1.80. The van der Waals surface area contributed by atoms with Crippen LogP contribution in [-0.4, -0.2) is 5.91 Å². The van der Waals surface area contributed by atoms with Gasteiger partial charge in [0, 0.05) is 5.69 Å². The van der Waals surface area contributed by atoms with Crippen molar-refractivity contribution in [3.63, 3.8) is 0 Å². The molecule has 4 rings (SSSR count). The third-order valence-corrected chi connectivity index (χ3v) is 5.50. The highest BCUT2D eigenvalue weighted by Crippen LogP contribution is 2.48. The quantitative estimate of drug-likeness (QED) is 0.793. The first-order chi connectivity index (χ1) is 11.1. The number of halogens is 1. The van der Waals surface area contributed by atoms with E-state index in [1.807, 2.05) is 18.2 Å². The average molecular weight is 309 g/mol. The van der Waals surface area contributed by atoms with E-state index >= 15 is 0 Å². The molecule has 1 spiro atoms. The number of hydrogen-bond acceptors (Lipinski definition) is 1. The molecular formula is C20H20FNO. The number of carbonyl (C=O) groups excluding carboxylic acids is 1. The smallest absolute Gasteiger partial charge is 0.235 e. The molecule has 0 radical (unpaired) electrons. The summed E-state index contributed by atoms with van der Waals surface area (Å²) >= 11 is 0. The van der Waals surface area contributed by atoms with E-state index in [2.05, 4.69) is 11.4 Å². The molecule has 2 aromatic carbocycles. The fourth-order valence-electron chi connectivity index (χ4n) is 4.15. The van der Waals surface area contributed by atoms with Crippen LogP contribution < -0.4 is 5.32 Å². The second kappa shape index (κ2) is 5.19. The van der Waals surface area contributed by atoms with Crippen LogP contribution in [0.25, 0.3) is 11.1 Å². The molecule has 1 aliphatic heterocycles. The molecule has 1 aliphatic carbocycles. The number of fused-ring (bicyclic) bond motifs is 2. The van der Waals surface area contributed by atoms with Gasteiger partial charge in [-0.15, -0.1) is 0 Å². The molecule has 118 valence electrons. The maximum atomic E-state index is 13.9. The minimum Gasteiger partial charge on any atom is -0.325 e. The van der Waals surface area contributed by atoms with Crippen LogP contribution in [0.15, 0.2) is 36.4 Å². The minimum atomic E-state index is -0.370. The van der Waals surface area contributed by atoms with Crippen molar-refractivity contribution in [1.82, 2.24) is 0 Å². The Morgan fingerprint density at radius 2 is 1.87 bits per heavy atom. The van der Waals surface area contributed by atoms with Crippen LogP contribution in [0.1, 0.15) is 43.2 Å². The maximum absolute atomic E-state index is 13.9. The van der Waals surface area contributed by atoms with Gasteiger partial charge in [-0.3, -0.25) is 4.79 Å². The Balaban J connectivity index is 1.85. The Labute approximate surface area is 135 Å². The molecular weight excluding hydrogens is 289 g/mol. The van der Waals surface area contributed by atoms with E-state index in [0.717, 1.165) is 48.1 Å². The van der Waals surface area contributed by atoms with E-state index in [0.29, 0.717) is 5.56 Å². The number of nitrogens with one attached hydrogen (secondary N) is 1. The normalized spacial score (nSPS) is 18.8. The molecule has 1 saturated carbocycles. The number of amides is 1. The topological polar surface area (TPSA) is 29.1 Å². The second-order valence-corrected chi connectivity index (χ2v) is 6.77. The van der Waals surface area contributed by atoms with Gasteiger partial charge >= 0.3 is 0 Å². The summed E-state index contributed by atoms with van der Waals surface area (Å²) in [5.74, 6) is -0.0510. The number of hydrogen-bond donors (Lipinski definition) is 1. The van der Waals surface area contributed by atoms with Gasteiger partial charge in [-0.25, -0.2) is 4.39 Å². The van der Waals surface area contributed by atoms with E-state index in [4.69, 9.17) is 0 Å². The molecule has 1 heterocycles. The van der Waals surface area contributed by atoms with E-state index in [-0.39, 0.29) is 17.1 Å². The summed E-state index contributed by atoms with van der Waals surface area (Å²) in [4.78, 5) is 12.6. The average Bonchev–Trinajstić information content (AvgIpc) is 2.83. The molecule has 2 aromatic rings. The lowest BCUT2D eigenvalue weighted by Crippen LogP contribution is -2.36. The van der Waals surface area contributed by atoms with Crippen LogP contribution in [0.2, 0.25) is 0 Å². The van der Waals surface area contributed by atoms with Crippen molar-refractivity contribution in [2.24, 2.45) is 0 Å². The van der Waals surface area contributed by atoms with Crippen molar-refractivity contribution in [2.75, 3.05) is 5.32 Å². The van der Waals surface area contributed by atoms with E-state index in [1.54, 1.807) is 13.0 Å². The van der Waals surface area contributed by atoms with Gasteiger partial charge in [-0.1, -0.05) is 37.5 Å². The Kier molecular flexibility index (Phi) is 3.26. The number of rotatable bonds is 1. The highest BCUT2D eigenvalue weighted by atomic mass is 19.1. The van der Waals surface area contributed by atoms with Gasteiger partial charge in [0.1, 0.15) is 5.82 Å². The summed E-state index contributed by atoms with van der Waals surface area (Å²) < 4.78 is 13.9. The van der Waals surface area contributed by atoms with Crippen LogP contribution in [0.4, 0.5) is 10.1 Å². The van der Waals surface area contributed by atoms with Gasteiger partial charge in [-0.2, -0.15) is 0 Å². The van der Waals surface area contributed by atoms with Gasteiger partial charge in [0.05, 0.1) is 5.41 Å². The Morgan fingerprint density at radius 3 is 2.65 bits per heavy atom. The molecule has 23 heavy (non-hydrogen) atoms. The maximum Gasteiger partial charge on any atom is 0.235 e. The lowest BCUT2D eigenvalue weighted by atomic mass is 9.70. The van der Waals surface area contributed by atoms with Crippen molar-refractivity contribution >= 4 is 11.6 Å². The molecule has 0 atom stereocenters. The Morgan fingerprint density at radius 1 is 1.09 bits per heavy atom. The monoisotopic (exact) mass is 309 g/mol. The molecule has 0 unspecified atom stereocenters. The summed E-state index contributed by atoms with van der Waals surface area (Å²) in [5, 5.41) is 3.05. The summed E-state index contributed by atoms with van der Waals surface area (Å²) in [7, 11) is 0. The fourth-order valence-corrected chi connectivity index (χ4v) is 4.15. The number of benzene rings is 2. The molecule has 0 saturated heterocycles. The van der Waals surface area contributed by atoms with Crippen LogP contribution in [0.3, 0.4) is 0 Å². The van der Waals surface area contributed by atoms with E-state index < -0.39 is 0 Å². The Bertz CT molecular complexity index is 790. The predicted molar refractivity (Wildman–Crippen MR) is 90.0 cm³/mol. The minimum absolute atomic E-state index is 0.139. The van der Waals surface area contributed by atoms with Crippen LogP contribution in [0.5, 0.6) is 0 Å². The molecule has 1 fully saturated rings. The van der Waals surface area contributed by atoms with Crippen molar-refractivity contribution < 1.29 is 9.18 Å². The van der Waals surface area contributed by atoms with Crippen molar-refractivity contribution in [3.8, 4) is 11.1 Å². The SMILES string of the molecule is Cc1c(F)cccc1-c1ccc2c(c1)C1(CCCCC1)C(=O)N2. The summed E-state index contributed by atoms with van der Waals surface area (Å²) in [6.07, 6.45) is 5.22. The standard InChI is InChI=1S/C20H20FNO/c1-13-15(6-5-7-17(13)21)14-8-9-18-16(12-14)20(19(23)22-18)10-3-2-4-11-20/h5-9,12H,2-4,10-11H2,1H3,(H,22,23). The van der Waals surface area contributed by atoms with Gasteiger partial charge in [0.25, 0.3) is 0 Å². The zero-order valence-corrected chi connectivity index (χ0v) is 13.3. The lowest BCUT2D eigenvalue weighted by Gasteiger charge is -2.31. The molecule has 2 nitrogen and oxygen atoms in total. The first kappa shape index (κ1) is 14.4. The zero-order valence-electron chi connectivity index (χ0n) is 13.3. The molecule has 3 heteroatoms. The van der Waals surface area contributed by atoms with Crippen molar-refractivity contribution in [2.45, 2.75) is 44.4 Å². The largest absolute Gasteiger partial charge is 0.325 e. The van der Waals surface area contributed by atoms with Crippen LogP contribution >= 0.6 is 0 Å². The van der Waals surface area contributed by atoms with Crippen LogP contribution in [0, 0.1) is 12.7 Å². The van der Waals surface area contributed by atoms with Crippen LogP contribution in [-0.2, 0) is 10.2 Å². The van der Waals surface area contributed by atoms with Gasteiger partial charge in [-0.05, 0) is 60.2 Å². The highest BCUT2D eigenvalue weighted by molar-refractivity contribution is 6.06. The van der Waals surface area contributed by atoms with Gasteiger partial charge < -0.3 is 5.32 Å². The predicted octanol–water partition coefficient (Wildman–Crippen LogP) is 4.96. The first-order valence-corrected chi connectivity index (χ1v) is 8.33. The van der Waals surface area contributed by atoms with Crippen molar-refractivity contribution in [3.05, 3.63) is 53.3 Å². The first-order valence-electron chi connectivity index (χ1n) is 8.33. The molecule has 0 bridgehead atoms. The summed E-state index contributed by atoms with van der Waals surface area (Å²) in [5.41, 5.74) is 4.20. The third kappa shape index (κ3) is 2.10. The molecule has 1 amide bonds. The molecule has 2 aliphatic rings. The fraction of sp³-hybridized carbons (Fsp3) is 0.350. The van der Waals surface area contributed by atoms with Crippen molar-refractivity contribution in [1.29, 1.82) is 0 Å². The zero-order chi connectivity index (χ0) is 16.0. The van der Waals surface area contributed by atoms with E-state index in [9.17, 15) is 9.18 Å². The second-order valence-electron chi connectivity index (χ2n) is 6.77. The Hall–Kier alpha value is -2.16. The lowest BCUT2D eigenvalue weighted by molar-refractivity contribution is -0.121.